The molecule has 14 aromatic rings. The highest BCUT2D eigenvalue weighted by molar-refractivity contribution is 7.25. The third-order valence-corrected chi connectivity index (χ3v) is 14.5. The number of hydrogen-bond acceptors (Lipinski definition) is 1. The Morgan fingerprint density at radius 1 is 0.262 bits per heavy atom. The van der Waals surface area contributed by atoms with Gasteiger partial charge in [-0.1, -0.05) is 115 Å². The summed E-state index contributed by atoms with van der Waals surface area (Å²) in [5, 5.41) is 9.71. The Kier molecular flexibility index (Phi) is 7.82. The van der Waals surface area contributed by atoms with Crippen LogP contribution in [-0.4, -0.2) is 18.3 Å². The molecule has 304 valence electrons. The molecule has 0 fully saturated rings. The maximum atomic E-state index is 2.47. The number of benzene rings is 10. The van der Waals surface area contributed by atoms with Crippen LogP contribution in [0.2, 0.25) is 0 Å². The molecule has 0 saturated heterocycles. The van der Waals surface area contributed by atoms with Crippen molar-refractivity contribution in [2.24, 2.45) is 0 Å². The number of fused-ring (bicyclic) bond motifs is 13. The fourth-order valence-electron chi connectivity index (χ4n) is 10.5. The van der Waals surface area contributed by atoms with Gasteiger partial charge in [0.25, 0.3) is 0 Å². The normalized spacial score (nSPS) is 12.0. The van der Waals surface area contributed by atoms with Crippen LogP contribution >= 0.6 is 11.3 Å². The highest BCUT2D eigenvalue weighted by atomic mass is 32.1. The molecule has 0 unspecified atom stereocenters. The van der Waals surface area contributed by atoms with Crippen LogP contribution in [0.3, 0.4) is 0 Å². The van der Waals surface area contributed by atoms with Gasteiger partial charge in [0.2, 0.25) is 0 Å². The average molecular weight is 847 g/mol. The second kappa shape index (κ2) is 14.1. The highest BCUT2D eigenvalue weighted by Gasteiger charge is 2.19. The lowest BCUT2D eigenvalue weighted by atomic mass is 10.1. The third-order valence-electron chi connectivity index (χ3n) is 13.4. The fraction of sp³-hybridized carbons (Fsp3) is 0. The second-order valence-corrected chi connectivity index (χ2v) is 18.1. The van der Waals surface area contributed by atoms with Crippen LogP contribution in [0.1, 0.15) is 0 Å². The molecular weight excluding hydrogens is 809 g/mol. The summed E-state index contributed by atoms with van der Waals surface area (Å²) < 4.78 is 12.4. The van der Waals surface area contributed by atoms with Crippen molar-refractivity contribution in [3.8, 4) is 22.7 Å². The van der Waals surface area contributed by atoms with Crippen LogP contribution < -0.4 is 0 Å². The maximum absolute atomic E-state index is 2.47. The zero-order valence-corrected chi connectivity index (χ0v) is 36.0. The first-order valence-corrected chi connectivity index (χ1v) is 23.0. The van der Waals surface area contributed by atoms with Gasteiger partial charge in [-0.3, -0.25) is 0 Å². The molecular formula is C60H38N4S. The molecule has 4 heterocycles. The van der Waals surface area contributed by atoms with E-state index in [-0.39, 0.29) is 0 Å². The van der Waals surface area contributed by atoms with Crippen molar-refractivity contribution in [3.63, 3.8) is 0 Å². The van der Waals surface area contributed by atoms with E-state index in [9.17, 15) is 0 Å². The SMILES string of the molecule is c1ccc(-n2c3ccc4cc3c3cc(ccc32)n(-c2cccc3c5ccccc5n(-c5ccccc5)c23)c2cccc(c2)c2cccc(c2)n4-c2ccc3c(c2)sc2ccccc23)cc1. The van der Waals surface area contributed by atoms with Crippen LogP contribution in [0.25, 0.3) is 119 Å². The van der Waals surface area contributed by atoms with E-state index in [0.717, 1.165) is 72.1 Å². The van der Waals surface area contributed by atoms with Gasteiger partial charge in [0.05, 0.1) is 27.8 Å². The number of thiophene rings is 1. The summed E-state index contributed by atoms with van der Waals surface area (Å²) in [6.45, 7) is 0. The molecule has 14 rings (SSSR count). The molecule has 65 heavy (non-hydrogen) atoms. The number of aromatic nitrogens is 4. The van der Waals surface area contributed by atoms with E-state index in [0.29, 0.717) is 0 Å². The Bertz CT molecular complexity index is 4290. The predicted octanol–water partition coefficient (Wildman–Crippen LogP) is 16.4. The zero-order valence-electron chi connectivity index (χ0n) is 35.1. The van der Waals surface area contributed by atoms with Crippen LogP contribution in [0.5, 0.6) is 0 Å². The van der Waals surface area contributed by atoms with Crippen molar-refractivity contribution in [2.75, 3.05) is 0 Å². The summed E-state index contributed by atoms with van der Waals surface area (Å²) in [5.41, 5.74) is 13.5. The van der Waals surface area contributed by atoms with E-state index in [1.165, 1.54) is 47.2 Å². The molecule has 0 aliphatic heterocycles. The van der Waals surface area contributed by atoms with Gasteiger partial charge >= 0.3 is 0 Å². The van der Waals surface area contributed by atoms with E-state index in [2.05, 4.69) is 249 Å². The molecule has 5 heteroatoms. The molecule has 0 radical (unpaired) electrons. The minimum atomic E-state index is 1.08. The van der Waals surface area contributed by atoms with Gasteiger partial charge in [-0.15, -0.1) is 11.3 Å². The summed E-state index contributed by atoms with van der Waals surface area (Å²) in [5.74, 6) is 0. The van der Waals surface area contributed by atoms with Crippen LogP contribution in [0, 0.1) is 0 Å². The van der Waals surface area contributed by atoms with Crippen molar-refractivity contribution in [1.82, 2.24) is 18.3 Å². The molecule has 4 nitrogen and oxygen atoms in total. The average Bonchev–Trinajstić information content (AvgIpc) is 4.02. The number of rotatable bonds is 4. The minimum Gasteiger partial charge on any atom is -0.310 e. The summed E-state index contributed by atoms with van der Waals surface area (Å²) in [7, 11) is 0. The van der Waals surface area contributed by atoms with Crippen LogP contribution in [0.4, 0.5) is 0 Å². The summed E-state index contributed by atoms with van der Waals surface area (Å²) in [4.78, 5) is 0. The first kappa shape index (κ1) is 36.1. The van der Waals surface area contributed by atoms with E-state index < -0.39 is 0 Å². The third kappa shape index (κ3) is 5.49. The number of nitrogens with zero attached hydrogens (tertiary/aromatic N) is 4. The summed E-state index contributed by atoms with van der Waals surface area (Å²) in [6.07, 6.45) is 0. The largest absolute Gasteiger partial charge is 0.310 e. The second-order valence-electron chi connectivity index (χ2n) is 17.0. The monoisotopic (exact) mass is 846 g/mol. The molecule has 0 spiro atoms. The lowest BCUT2D eigenvalue weighted by Crippen LogP contribution is -2.02. The van der Waals surface area contributed by atoms with Crippen molar-refractivity contribution in [1.29, 1.82) is 0 Å². The number of hydrogen-bond donors (Lipinski definition) is 0. The van der Waals surface area contributed by atoms with Crippen molar-refractivity contribution in [3.05, 3.63) is 231 Å². The smallest absolute Gasteiger partial charge is 0.0782 e. The van der Waals surface area contributed by atoms with Crippen LogP contribution in [-0.2, 0) is 0 Å². The summed E-state index contributed by atoms with van der Waals surface area (Å²) in [6, 6.07) is 85.0. The van der Waals surface area contributed by atoms with Crippen molar-refractivity contribution < 1.29 is 0 Å². The molecule has 0 amide bonds. The molecule has 0 aliphatic rings. The molecule has 0 atom stereocenters. The Hall–Kier alpha value is -8.38. The maximum Gasteiger partial charge on any atom is 0.0782 e. The Balaban J connectivity index is 1.16. The highest BCUT2D eigenvalue weighted by Crippen LogP contribution is 2.40. The van der Waals surface area contributed by atoms with Gasteiger partial charge in [-0.25, -0.2) is 0 Å². The van der Waals surface area contributed by atoms with E-state index in [1.807, 2.05) is 11.3 Å². The number of para-hydroxylation sites is 4. The Morgan fingerprint density at radius 2 is 0.800 bits per heavy atom. The van der Waals surface area contributed by atoms with Crippen LogP contribution in [0.15, 0.2) is 231 Å². The van der Waals surface area contributed by atoms with Gasteiger partial charge < -0.3 is 18.3 Å². The van der Waals surface area contributed by atoms with Gasteiger partial charge in [-0.05, 0) is 126 Å². The van der Waals surface area contributed by atoms with E-state index >= 15 is 0 Å². The van der Waals surface area contributed by atoms with E-state index in [1.54, 1.807) is 0 Å². The van der Waals surface area contributed by atoms with Crippen molar-refractivity contribution >= 4 is 108 Å². The molecule has 8 bridgehead atoms. The predicted molar refractivity (Wildman–Crippen MR) is 277 cm³/mol. The zero-order chi connectivity index (χ0) is 42.6. The first-order valence-electron chi connectivity index (χ1n) is 22.2. The van der Waals surface area contributed by atoms with Gasteiger partial charge in [0, 0.05) is 80.8 Å². The lowest BCUT2D eigenvalue weighted by molar-refractivity contribution is 1.12. The Morgan fingerprint density at radius 3 is 1.52 bits per heavy atom. The first-order chi connectivity index (χ1) is 32.2. The van der Waals surface area contributed by atoms with Crippen molar-refractivity contribution in [2.45, 2.75) is 0 Å². The standard InChI is InChI=1S/C60H38N4S/c1-3-16-41(17-4-1)63-55-32-29-45-36-52(55)53-37-46(30-33-56(53)63)62(57-26-13-24-51-48-22-7-9-25-54(48)64(60(51)57)42-18-5-2-6-19-42)44-21-12-15-40(35-44)39-14-11-20-43(34-39)61(45)47-28-31-50-49-23-8-10-27-58(49)65-59(50)38-47/h1-38H. The Labute approximate surface area is 377 Å². The molecule has 0 aliphatic carbocycles. The summed E-state index contributed by atoms with van der Waals surface area (Å²) >= 11 is 1.86. The molecule has 0 N–H and O–H groups in total. The quantitative estimate of drug-likeness (QED) is 0.168. The van der Waals surface area contributed by atoms with Gasteiger partial charge in [-0.2, -0.15) is 0 Å². The lowest BCUT2D eigenvalue weighted by Gasteiger charge is -2.16. The molecule has 4 aromatic heterocycles. The topological polar surface area (TPSA) is 19.7 Å². The van der Waals surface area contributed by atoms with Gasteiger partial charge in [0.15, 0.2) is 0 Å². The van der Waals surface area contributed by atoms with Gasteiger partial charge in [0.1, 0.15) is 0 Å². The van der Waals surface area contributed by atoms with E-state index in [4.69, 9.17) is 0 Å². The molecule has 0 saturated carbocycles. The fourth-order valence-corrected chi connectivity index (χ4v) is 11.7. The minimum absolute atomic E-state index is 1.08. The molecule has 10 aromatic carbocycles.